The van der Waals surface area contributed by atoms with Crippen LogP contribution >= 0.6 is 24.8 Å². The monoisotopic (exact) mass is 397 g/mol. The maximum absolute atomic E-state index is 9.66. The minimum atomic E-state index is -3.04. The van der Waals surface area contributed by atoms with Crippen LogP contribution in [0.5, 0.6) is 0 Å². The molecular weight excluding hydrogens is 369 g/mol. The molecule has 1 atom stereocenters. The van der Waals surface area contributed by atoms with Gasteiger partial charge in [0.1, 0.15) is 0 Å². The number of hydrogen-bond acceptors (Lipinski definition) is 2. The van der Waals surface area contributed by atoms with Crippen molar-refractivity contribution >= 4 is 38.5 Å². The Morgan fingerprint density at radius 2 is 1.82 bits per heavy atom. The standard InChI is InChI=1S/C9H7.C4H10N.C2H5O.CH3.2ClH.H2Si.Ti/c1-2-5-9-7-3-6-8(9)4-1;1-4(2,3)5;1-2-3;;;;;/h1-7H;5H,1-3H3;3H,1-2H2;1H3;2*1H;1H2;/q;-1;;;;;;+1. The van der Waals surface area contributed by atoms with E-state index in [4.69, 9.17) is 0 Å². The molecule has 1 aliphatic carbocycles. The molecule has 1 unspecified atom stereocenters. The third-order valence-electron chi connectivity index (χ3n) is 4.26. The zero-order valence-corrected chi connectivity index (χ0v) is 18.5. The van der Waals surface area contributed by atoms with Crippen molar-refractivity contribution in [1.82, 2.24) is 3.80 Å². The van der Waals surface area contributed by atoms with Crippen LogP contribution in [-0.2, 0) is 14.3 Å². The molecule has 2 rings (SSSR count). The Labute approximate surface area is 149 Å². The number of halogens is 2. The molecule has 0 radical (unpaired) electrons. The van der Waals surface area contributed by atoms with Crippen molar-refractivity contribution in [3.63, 3.8) is 0 Å². The van der Waals surface area contributed by atoms with Gasteiger partial charge >= 0.3 is 125 Å². The van der Waals surface area contributed by atoms with Crippen LogP contribution in [0.1, 0.15) is 36.1 Å². The molecule has 1 aliphatic rings. The molecule has 0 heterocycles. The van der Waals surface area contributed by atoms with Gasteiger partial charge in [-0.1, -0.05) is 0 Å². The fraction of sp³-hybridized carbons (Fsp3) is 0.500. The van der Waals surface area contributed by atoms with Gasteiger partial charge in [-0.25, -0.2) is 0 Å². The minimum absolute atomic E-state index is 0. The van der Waals surface area contributed by atoms with E-state index in [2.05, 4.69) is 73.8 Å². The molecule has 0 fully saturated rings. The second-order valence-corrected chi connectivity index (χ2v) is 25.5. The summed E-state index contributed by atoms with van der Waals surface area (Å²) in [7, 11) is 2.17. The van der Waals surface area contributed by atoms with Crippen molar-refractivity contribution in [2.45, 2.75) is 40.5 Å². The predicted octanol–water partition coefficient (Wildman–Crippen LogP) is 3.60. The van der Waals surface area contributed by atoms with Gasteiger partial charge in [0.25, 0.3) is 0 Å². The number of aliphatic hydroxyl groups is 1. The summed E-state index contributed by atoms with van der Waals surface area (Å²) < 4.78 is 5.36. The van der Waals surface area contributed by atoms with E-state index in [1.165, 1.54) is 11.1 Å². The Morgan fingerprint density at radius 1 is 1.23 bits per heavy atom. The summed E-state index contributed by atoms with van der Waals surface area (Å²) in [5, 5.41) is 12.1. The fourth-order valence-corrected chi connectivity index (χ4v) is 16.3. The van der Waals surface area contributed by atoms with Gasteiger partial charge in [0, 0.05) is 0 Å². The Balaban J connectivity index is 0.00000220. The Hall–Kier alpha value is 0.391. The molecular formula is C16H29Cl2NOSiTi. The quantitative estimate of drug-likeness (QED) is 0.760. The van der Waals surface area contributed by atoms with Crippen molar-refractivity contribution < 1.29 is 19.4 Å². The van der Waals surface area contributed by atoms with Gasteiger partial charge in [0.05, 0.1) is 0 Å². The molecule has 126 valence electrons. The largest absolute Gasteiger partial charge is 0.147 e. The molecule has 2 N–H and O–H groups in total. The average molecular weight is 398 g/mol. The Bertz CT molecular complexity index is 612. The van der Waals surface area contributed by atoms with Crippen molar-refractivity contribution in [2.75, 3.05) is 6.61 Å². The third kappa shape index (κ3) is 4.70. The zero-order valence-electron chi connectivity index (χ0n) is 13.9. The Kier molecular flexibility index (Phi) is 7.65. The molecule has 2 nitrogen and oxygen atoms in total. The fourth-order valence-electron chi connectivity index (χ4n) is 3.71. The van der Waals surface area contributed by atoms with E-state index in [-0.39, 0.29) is 37.0 Å². The molecule has 1 aromatic rings. The average Bonchev–Trinajstić information content (AvgIpc) is 2.70. The number of benzene rings is 1. The SMILES string of the molecule is CC(C)(C)[NH][Ti]([CH3])(=[SiH2])([CH2]CO)[CH]1C=Cc2ccccc21.Cl.Cl. The molecule has 0 saturated carbocycles. The molecule has 0 aromatic heterocycles. The zero-order chi connectivity index (χ0) is 15.0. The van der Waals surface area contributed by atoms with E-state index >= 15 is 0 Å². The number of allylic oxidation sites excluding steroid dienone is 1. The van der Waals surface area contributed by atoms with Crippen LogP contribution in [0.15, 0.2) is 30.3 Å². The summed E-state index contributed by atoms with van der Waals surface area (Å²) in [6, 6.07) is 8.68. The minimum Gasteiger partial charge on any atom is -0.147 e. The van der Waals surface area contributed by atoms with E-state index in [9.17, 15) is 5.11 Å². The molecule has 0 bridgehead atoms. The molecule has 0 spiro atoms. The number of fused-ring (bicyclic) bond motifs is 1. The summed E-state index contributed by atoms with van der Waals surface area (Å²) in [6.07, 6.45) is 4.62. The van der Waals surface area contributed by atoms with Crippen LogP contribution in [0.3, 0.4) is 0 Å². The molecule has 0 amide bonds. The predicted molar refractivity (Wildman–Crippen MR) is 102 cm³/mol. The van der Waals surface area contributed by atoms with Gasteiger partial charge in [0.2, 0.25) is 0 Å². The maximum atomic E-state index is 9.66. The van der Waals surface area contributed by atoms with Crippen LogP contribution < -0.4 is 3.80 Å². The number of aliphatic hydroxyl groups excluding tert-OH is 1. The number of hydrogen-bond donors (Lipinski definition) is 2. The van der Waals surface area contributed by atoms with E-state index in [0.29, 0.717) is 4.22 Å². The first-order valence-electron chi connectivity index (χ1n) is 7.38. The topological polar surface area (TPSA) is 32.3 Å². The van der Waals surface area contributed by atoms with E-state index in [1.54, 1.807) is 0 Å². The molecule has 0 aliphatic heterocycles. The van der Waals surface area contributed by atoms with Gasteiger partial charge in [-0.3, -0.25) is 0 Å². The second kappa shape index (κ2) is 7.52. The van der Waals surface area contributed by atoms with Crippen molar-refractivity contribution in [3.05, 3.63) is 41.5 Å². The summed E-state index contributed by atoms with van der Waals surface area (Å²) in [4.78, 5) is 0. The first kappa shape index (κ1) is 22.4. The Morgan fingerprint density at radius 3 is 2.36 bits per heavy atom. The van der Waals surface area contributed by atoms with E-state index in [0.717, 1.165) is 4.73 Å². The van der Waals surface area contributed by atoms with Gasteiger partial charge in [0.15, 0.2) is 0 Å². The molecule has 1 aromatic carbocycles. The van der Waals surface area contributed by atoms with Gasteiger partial charge < -0.3 is 0 Å². The van der Waals surface area contributed by atoms with E-state index in [1.807, 2.05) is 0 Å². The van der Waals surface area contributed by atoms with Crippen molar-refractivity contribution in [2.24, 2.45) is 0 Å². The van der Waals surface area contributed by atoms with E-state index < -0.39 is 14.3 Å². The van der Waals surface area contributed by atoms with Gasteiger partial charge in [-0.2, -0.15) is 0 Å². The van der Waals surface area contributed by atoms with Crippen LogP contribution in [0.25, 0.3) is 6.08 Å². The van der Waals surface area contributed by atoms with Crippen molar-refractivity contribution in [1.29, 1.82) is 0 Å². The summed E-state index contributed by atoms with van der Waals surface area (Å²) in [5.74, 6) is 0. The first-order chi connectivity index (χ1) is 9.15. The number of rotatable bonds is 4. The smallest absolute Gasteiger partial charge is 0.147 e. The van der Waals surface area contributed by atoms with Crippen LogP contribution in [-0.4, -0.2) is 24.9 Å². The van der Waals surface area contributed by atoms with Crippen LogP contribution in [0, 0.1) is 0 Å². The first-order valence-corrected chi connectivity index (χ1v) is 15.8. The summed E-state index contributed by atoms with van der Waals surface area (Å²) >= 11 is -3.04. The third-order valence-corrected chi connectivity index (χ3v) is 16.7. The molecule has 22 heavy (non-hydrogen) atoms. The second-order valence-electron chi connectivity index (χ2n) is 7.72. The maximum Gasteiger partial charge on any atom is -0.147 e. The van der Waals surface area contributed by atoms with Crippen LogP contribution in [0.4, 0.5) is 0 Å². The number of nitrogens with one attached hydrogen (secondary N) is 1. The summed E-state index contributed by atoms with van der Waals surface area (Å²) in [5.41, 5.74) is 2.86. The molecule has 6 heteroatoms. The van der Waals surface area contributed by atoms with Gasteiger partial charge in [-0.15, -0.1) is 24.8 Å². The molecule has 0 saturated heterocycles. The summed E-state index contributed by atoms with van der Waals surface area (Å²) in [6.45, 7) is 6.96. The van der Waals surface area contributed by atoms with Crippen LogP contribution in [0.2, 0.25) is 9.95 Å². The van der Waals surface area contributed by atoms with Crippen molar-refractivity contribution in [3.8, 4) is 0 Å². The van der Waals surface area contributed by atoms with Gasteiger partial charge in [-0.05, 0) is 0 Å². The normalized spacial score (nSPS) is 17.5.